The summed E-state index contributed by atoms with van der Waals surface area (Å²) in [6, 6.07) is 8.15. The van der Waals surface area contributed by atoms with Gasteiger partial charge in [0.15, 0.2) is 4.90 Å². The summed E-state index contributed by atoms with van der Waals surface area (Å²) < 4.78 is 50.2. The molecule has 12 nitrogen and oxygen atoms in total. The van der Waals surface area contributed by atoms with Crippen molar-refractivity contribution in [3.63, 3.8) is 0 Å². The summed E-state index contributed by atoms with van der Waals surface area (Å²) in [5, 5.41) is 11.6. The minimum absolute atomic E-state index is 0.167. The number of rotatable bonds is 16. The van der Waals surface area contributed by atoms with E-state index in [0.29, 0.717) is 41.9 Å². The SMILES string of the molecule is C=C(OCC)c1cc(OCCN(CCC(=O)OC(C)(C)C)S(=O)(=O)c2ccccc2[N+](=O)[O-])cc(C(=C)OCC)n1. The van der Waals surface area contributed by atoms with Crippen LogP contribution >= 0.6 is 0 Å². The van der Waals surface area contributed by atoms with Crippen LogP contribution in [0.2, 0.25) is 0 Å². The van der Waals surface area contributed by atoms with Crippen molar-refractivity contribution in [2.75, 3.05) is 32.9 Å². The molecule has 0 radical (unpaired) electrons. The molecule has 0 aliphatic heterocycles. The first-order valence-corrected chi connectivity index (χ1v) is 14.4. The van der Waals surface area contributed by atoms with Crippen molar-refractivity contribution in [3.05, 3.63) is 71.1 Å². The topological polar surface area (TPSA) is 147 Å². The zero-order chi connectivity index (χ0) is 30.8. The number of carbonyl (C=O) groups is 1. The quantitative estimate of drug-likeness (QED) is 0.115. The van der Waals surface area contributed by atoms with Crippen molar-refractivity contribution >= 4 is 33.2 Å². The van der Waals surface area contributed by atoms with E-state index in [1.54, 1.807) is 46.8 Å². The van der Waals surface area contributed by atoms with Crippen LogP contribution in [0.1, 0.15) is 52.4 Å². The molecule has 0 amide bonds. The van der Waals surface area contributed by atoms with Gasteiger partial charge in [-0.3, -0.25) is 14.9 Å². The Kier molecular flexibility index (Phi) is 11.8. The largest absolute Gasteiger partial charge is 0.492 e. The molecule has 0 aliphatic carbocycles. The summed E-state index contributed by atoms with van der Waals surface area (Å²) in [6.07, 6.45) is -0.275. The second-order valence-corrected chi connectivity index (χ2v) is 11.5. The number of aromatic nitrogens is 1. The lowest BCUT2D eigenvalue weighted by Gasteiger charge is -2.24. The van der Waals surface area contributed by atoms with Crippen LogP contribution in [0.15, 0.2) is 54.5 Å². The second kappa shape index (κ2) is 14.6. The van der Waals surface area contributed by atoms with E-state index in [1.807, 2.05) is 0 Å². The van der Waals surface area contributed by atoms with Gasteiger partial charge in [-0.25, -0.2) is 13.4 Å². The van der Waals surface area contributed by atoms with Crippen LogP contribution in [-0.2, 0) is 29.0 Å². The lowest BCUT2D eigenvalue weighted by Crippen LogP contribution is -2.37. The maximum absolute atomic E-state index is 13.6. The molecule has 0 saturated heterocycles. The second-order valence-electron chi connectivity index (χ2n) is 9.60. The van der Waals surface area contributed by atoms with E-state index in [0.717, 1.165) is 16.4 Å². The molecule has 0 N–H and O–H groups in total. The molecule has 1 aromatic carbocycles. The molecular formula is C28H37N3O9S. The molecule has 0 fully saturated rings. The number of benzene rings is 1. The van der Waals surface area contributed by atoms with Crippen LogP contribution in [0.3, 0.4) is 0 Å². The van der Waals surface area contributed by atoms with E-state index in [4.69, 9.17) is 18.9 Å². The number of sulfonamides is 1. The summed E-state index contributed by atoms with van der Waals surface area (Å²) >= 11 is 0. The Balaban J connectivity index is 2.36. The predicted molar refractivity (Wildman–Crippen MR) is 153 cm³/mol. The van der Waals surface area contributed by atoms with Crippen LogP contribution < -0.4 is 4.74 Å². The van der Waals surface area contributed by atoms with Crippen molar-refractivity contribution in [2.24, 2.45) is 0 Å². The third kappa shape index (κ3) is 9.87. The Bertz CT molecular complexity index is 1330. The van der Waals surface area contributed by atoms with Gasteiger partial charge in [0.25, 0.3) is 5.69 Å². The van der Waals surface area contributed by atoms with Gasteiger partial charge in [0.05, 0.1) is 24.6 Å². The van der Waals surface area contributed by atoms with Crippen molar-refractivity contribution in [1.82, 2.24) is 9.29 Å². The van der Waals surface area contributed by atoms with Gasteiger partial charge >= 0.3 is 5.97 Å². The molecule has 0 spiro atoms. The minimum atomic E-state index is -4.41. The smallest absolute Gasteiger partial charge is 0.307 e. The maximum Gasteiger partial charge on any atom is 0.307 e. The first-order valence-electron chi connectivity index (χ1n) is 12.9. The number of nitrogens with zero attached hydrogens (tertiary/aromatic N) is 3. The highest BCUT2D eigenvalue weighted by molar-refractivity contribution is 7.89. The van der Waals surface area contributed by atoms with Crippen molar-refractivity contribution < 1.29 is 37.1 Å². The number of pyridine rings is 1. The van der Waals surface area contributed by atoms with Gasteiger partial charge in [-0.2, -0.15) is 4.31 Å². The Morgan fingerprint density at radius 1 is 1.02 bits per heavy atom. The van der Waals surface area contributed by atoms with Gasteiger partial charge in [-0.1, -0.05) is 25.3 Å². The van der Waals surface area contributed by atoms with Gasteiger partial charge in [0.1, 0.15) is 40.9 Å². The van der Waals surface area contributed by atoms with Crippen LogP contribution in [0.25, 0.3) is 11.5 Å². The standard InChI is InChI=1S/C28H37N3O9S/c1-8-37-20(3)23-18-22(19-24(29-23)21(4)38-9-2)39-17-16-30(15-14-27(32)40-28(5,6)7)41(35,36)26-13-11-10-12-25(26)31(33)34/h10-13,18-19H,3-4,8-9,14-17H2,1-2,5-7H3. The first-order chi connectivity index (χ1) is 19.2. The van der Waals surface area contributed by atoms with Gasteiger partial charge in [-0.15, -0.1) is 0 Å². The van der Waals surface area contributed by atoms with E-state index in [1.165, 1.54) is 12.1 Å². The number of hydrogen-bond acceptors (Lipinski definition) is 10. The molecule has 0 bridgehead atoms. The van der Waals surface area contributed by atoms with E-state index >= 15 is 0 Å². The third-order valence-corrected chi connectivity index (χ3v) is 7.23. The van der Waals surface area contributed by atoms with E-state index in [-0.39, 0.29) is 26.1 Å². The molecule has 1 heterocycles. The Morgan fingerprint density at radius 2 is 1.59 bits per heavy atom. The molecule has 2 aromatic rings. The summed E-state index contributed by atoms with van der Waals surface area (Å²) in [5.41, 5.74) is -0.609. The number of hydrogen-bond donors (Lipinski definition) is 0. The van der Waals surface area contributed by atoms with Crippen molar-refractivity contribution in [1.29, 1.82) is 0 Å². The van der Waals surface area contributed by atoms with E-state index in [2.05, 4.69) is 18.1 Å². The van der Waals surface area contributed by atoms with Crippen molar-refractivity contribution in [3.8, 4) is 5.75 Å². The Labute approximate surface area is 240 Å². The average Bonchev–Trinajstić information content (AvgIpc) is 2.89. The minimum Gasteiger partial charge on any atom is -0.492 e. The lowest BCUT2D eigenvalue weighted by atomic mass is 10.2. The molecule has 41 heavy (non-hydrogen) atoms. The van der Waals surface area contributed by atoms with E-state index < -0.39 is 37.1 Å². The number of ether oxygens (including phenoxy) is 4. The Hall–Kier alpha value is -3.97. The third-order valence-electron chi connectivity index (χ3n) is 5.28. The number of carbonyl (C=O) groups excluding carboxylic acids is 1. The van der Waals surface area contributed by atoms with Crippen LogP contribution in [-0.4, -0.2) is 67.1 Å². The molecule has 224 valence electrons. The highest BCUT2D eigenvalue weighted by atomic mass is 32.2. The van der Waals surface area contributed by atoms with Gasteiger partial charge in [0, 0.05) is 31.3 Å². The van der Waals surface area contributed by atoms with Gasteiger partial charge in [0.2, 0.25) is 10.0 Å². The summed E-state index contributed by atoms with van der Waals surface area (Å²) in [6.45, 7) is 16.5. The average molecular weight is 592 g/mol. The zero-order valence-electron chi connectivity index (χ0n) is 24.0. The molecule has 0 unspecified atom stereocenters. The summed E-state index contributed by atoms with van der Waals surface area (Å²) in [5.74, 6) is 0.276. The van der Waals surface area contributed by atoms with Gasteiger partial charge in [-0.05, 0) is 40.7 Å². The first kappa shape index (κ1) is 33.2. The molecular weight excluding hydrogens is 554 g/mol. The van der Waals surface area contributed by atoms with Crippen molar-refractivity contribution in [2.45, 2.75) is 51.5 Å². The molecule has 0 atom stereocenters. The number of nitro groups is 1. The highest BCUT2D eigenvalue weighted by Gasteiger charge is 2.32. The fourth-order valence-electron chi connectivity index (χ4n) is 3.56. The fourth-order valence-corrected chi connectivity index (χ4v) is 5.14. The molecule has 1 aromatic heterocycles. The number of nitro benzene ring substituents is 1. The molecule has 0 saturated carbocycles. The zero-order valence-corrected chi connectivity index (χ0v) is 24.9. The van der Waals surface area contributed by atoms with Gasteiger partial charge < -0.3 is 18.9 Å². The van der Waals surface area contributed by atoms with Crippen LogP contribution in [0, 0.1) is 10.1 Å². The highest BCUT2D eigenvalue weighted by Crippen LogP contribution is 2.27. The fraction of sp³-hybridized carbons (Fsp3) is 0.429. The maximum atomic E-state index is 13.6. The summed E-state index contributed by atoms with van der Waals surface area (Å²) in [7, 11) is -4.41. The Morgan fingerprint density at radius 3 is 2.10 bits per heavy atom. The van der Waals surface area contributed by atoms with Crippen LogP contribution in [0.4, 0.5) is 5.69 Å². The molecule has 13 heteroatoms. The van der Waals surface area contributed by atoms with E-state index in [9.17, 15) is 23.3 Å². The molecule has 2 rings (SSSR count). The van der Waals surface area contributed by atoms with Crippen LogP contribution in [0.5, 0.6) is 5.75 Å². The monoisotopic (exact) mass is 591 g/mol. The molecule has 0 aliphatic rings. The summed E-state index contributed by atoms with van der Waals surface area (Å²) in [4.78, 5) is 27.1. The number of para-hydroxylation sites is 1. The normalized spacial score (nSPS) is 11.6. The predicted octanol–water partition coefficient (Wildman–Crippen LogP) is 4.81. The number of esters is 1. The lowest BCUT2D eigenvalue weighted by molar-refractivity contribution is -0.387.